The Morgan fingerprint density at radius 2 is 2.05 bits per heavy atom. The maximum atomic E-state index is 11.9. The SMILES string of the molecule is Cc1ccc(S(=O)(=O)NCCC(C)N)cc1[N+](=O)[O-].Cl. The van der Waals surface area contributed by atoms with Crippen molar-refractivity contribution in [1.29, 1.82) is 0 Å². The van der Waals surface area contributed by atoms with Gasteiger partial charge in [-0.25, -0.2) is 13.1 Å². The van der Waals surface area contributed by atoms with Gasteiger partial charge < -0.3 is 5.73 Å². The molecule has 20 heavy (non-hydrogen) atoms. The molecule has 1 atom stereocenters. The van der Waals surface area contributed by atoms with Crippen molar-refractivity contribution < 1.29 is 13.3 Å². The molecule has 0 amide bonds. The fourth-order valence-electron chi connectivity index (χ4n) is 1.46. The second-order valence-corrected chi connectivity index (χ2v) is 6.14. The van der Waals surface area contributed by atoms with Crippen LogP contribution in [-0.2, 0) is 10.0 Å². The monoisotopic (exact) mass is 323 g/mol. The molecular formula is C11H18ClN3O4S. The summed E-state index contributed by atoms with van der Waals surface area (Å²) in [5.74, 6) is 0. The summed E-state index contributed by atoms with van der Waals surface area (Å²) in [4.78, 5) is 10.1. The zero-order valence-corrected chi connectivity index (χ0v) is 12.8. The third-order valence-electron chi connectivity index (χ3n) is 2.58. The number of nitro groups is 1. The van der Waals surface area contributed by atoms with E-state index < -0.39 is 14.9 Å². The smallest absolute Gasteiger partial charge is 0.273 e. The summed E-state index contributed by atoms with van der Waals surface area (Å²) in [6.07, 6.45) is 0.493. The Labute approximate surface area is 124 Å². The van der Waals surface area contributed by atoms with Crippen LogP contribution in [0.15, 0.2) is 23.1 Å². The molecule has 0 aliphatic rings. The van der Waals surface area contributed by atoms with Gasteiger partial charge in [-0.05, 0) is 26.3 Å². The number of sulfonamides is 1. The van der Waals surface area contributed by atoms with E-state index in [4.69, 9.17) is 5.73 Å². The molecule has 3 N–H and O–H groups in total. The Morgan fingerprint density at radius 3 is 2.55 bits per heavy atom. The average molecular weight is 324 g/mol. The summed E-state index contributed by atoms with van der Waals surface area (Å²) in [5.41, 5.74) is 5.72. The first-order valence-corrected chi connectivity index (χ1v) is 7.22. The van der Waals surface area contributed by atoms with Crippen LogP contribution in [0.25, 0.3) is 0 Å². The first-order valence-electron chi connectivity index (χ1n) is 5.74. The van der Waals surface area contributed by atoms with Gasteiger partial charge in [-0.15, -0.1) is 12.4 Å². The Morgan fingerprint density at radius 1 is 1.45 bits per heavy atom. The molecule has 0 radical (unpaired) electrons. The van der Waals surface area contributed by atoms with E-state index in [2.05, 4.69) is 4.72 Å². The molecule has 0 saturated carbocycles. The largest absolute Gasteiger partial charge is 0.328 e. The highest BCUT2D eigenvalue weighted by atomic mass is 35.5. The molecule has 7 nitrogen and oxygen atoms in total. The van der Waals surface area contributed by atoms with Crippen molar-refractivity contribution in [2.75, 3.05) is 6.54 Å². The van der Waals surface area contributed by atoms with Crippen LogP contribution < -0.4 is 10.5 Å². The molecule has 0 saturated heterocycles. The van der Waals surface area contributed by atoms with Crippen molar-refractivity contribution in [3.05, 3.63) is 33.9 Å². The molecule has 0 aliphatic heterocycles. The van der Waals surface area contributed by atoms with E-state index in [9.17, 15) is 18.5 Å². The maximum Gasteiger partial charge on any atom is 0.273 e. The van der Waals surface area contributed by atoms with Crippen LogP contribution in [0.1, 0.15) is 18.9 Å². The van der Waals surface area contributed by atoms with Gasteiger partial charge in [0.15, 0.2) is 0 Å². The topological polar surface area (TPSA) is 115 Å². The van der Waals surface area contributed by atoms with E-state index in [1.807, 2.05) is 0 Å². The average Bonchev–Trinajstić information content (AvgIpc) is 2.27. The second-order valence-electron chi connectivity index (χ2n) is 4.37. The number of nitrogens with two attached hydrogens (primary N) is 1. The summed E-state index contributed by atoms with van der Waals surface area (Å²) in [7, 11) is -3.74. The van der Waals surface area contributed by atoms with Crippen molar-refractivity contribution >= 4 is 28.1 Å². The zero-order valence-electron chi connectivity index (χ0n) is 11.2. The van der Waals surface area contributed by atoms with Gasteiger partial charge in [0.2, 0.25) is 10.0 Å². The molecule has 1 rings (SSSR count). The molecule has 1 aromatic rings. The molecule has 0 aromatic heterocycles. The van der Waals surface area contributed by atoms with Gasteiger partial charge >= 0.3 is 0 Å². The van der Waals surface area contributed by atoms with E-state index in [0.29, 0.717) is 12.0 Å². The first-order chi connectivity index (χ1) is 8.74. The summed E-state index contributed by atoms with van der Waals surface area (Å²) < 4.78 is 26.2. The van der Waals surface area contributed by atoms with Crippen LogP contribution in [-0.4, -0.2) is 25.9 Å². The fourth-order valence-corrected chi connectivity index (χ4v) is 2.52. The Hall–Kier alpha value is -1.22. The van der Waals surface area contributed by atoms with Gasteiger partial charge in [-0.3, -0.25) is 10.1 Å². The maximum absolute atomic E-state index is 11.9. The highest BCUT2D eigenvalue weighted by Gasteiger charge is 2.19. The van der Waals surface area contributed by atoms with E-state index in [1.165, 1.54) is 12.1 Å². The van der Waals surface area contributed by atoms with E-state index in [1.54, 1.807) is 13.8 Å². The highest BCUT2D eigenvalue weighted by molar-refractivity contribution is 7.89. The summed E-state index contributed by atoms with van der Waals surface area (Å²) >= 11 is 0. The third-order valence-corrected chi connectivity index (χ3v) is 4.04. The number of rotatable bonds is 6. The standard InChI is InChI=1S/C11H17N3O4S.ClH/c1-8-3-4-10(7-11(8)14(15)16)19(17,18)13-6-5-9(2)12;/h3-4,7,9,13H,5-6,12H2,1-2H3;1H. The number of benzene rings is 1. The predicted octanol–water partition coefficient (Wildman–Crippen LogP) is 1.34. The number of hydrogen-bond acceptors (Lipinski definition) is 5. The van der Waals surface area contributed by atoms with Gasteiger partial charge in [-0.1, -0.05) is 6.07 Å². The molecule has 114 valence electrons. The number of aryl methyl sites for hydroxylation is 1. The third kappa shape index (κ3) is 5.04. The van der Waals surface area contributed by atoms with Gasteiger partial charge in [0.25, 0.3) is 5.69 Å². The quantitative estimate of drug-likeness (QED) is 0.605. The highest BCUT2D eigenvalue weighted by Crippen LogP contribution is 2.21. The molecule has 0 aliphatic carbocycles. The van der Waals surface area contributed by atoms with Crippen LogP contribution in [0.2, 0.25) is 0 Å². The normalized spacial score (nSPS) is 12.6. The molecule has 0 bridgehead atoms. The van der Waals surface area contributed by atoms with Crippen LogP contribution in [0.3, 0.4) is 0 Å². The van der Waals surface area contributed by atoms with Crippen molar-refractivity contribution in [3.8, 4) is 0 Å². The number of nitrogens with one attached hydrogen (secondary N) is 1. The van der Waals surface area contributed by atoms with Crippen LogP contribution >= 0.6 is 12.4 Å². The number of hydrogen-bond donors (Lipinski definition) is 2. The summed E-state index contributed by atoms with van der Waals surface area (Å²) in [5, 5.41) is 10.8. The Kier molecular flexibility index (Phi) is 7.07. The number of nitrogens with zero attached hydrogens (tertiary/aromatic N) is 1. The van der Waals surface area contributed by atoms with Crippen molar-refractivity contribution in [2.24, 2.45) is 5.73 Å². The number of halogens is 1. The molecule has 0 fully saturated rings. The van der Waals surface area contributed by atoms with E-state index in [0.717, 1.165) is 6.07 Å². The van der Waals surface area contributed by atoms with Gasteiger partial charge in [0.1, 0.15) is 0 Å². The fraction of sp³-hybridized carbons (Fsp3) is 0.455. The van der Waals surface area contributed by atoms with Crippen LogP contribution in [0.4, 0.5) is 5.69 Å². The molecule has 0 heterocycles. The van der Waals surface area contributed by atoms with Crippen LogP contribution in [0.5, 0.6) is 0 Å². The Balaban J connectivity index is 0.00000361. The van der Waals surface area contributed by atoms with Crippen molar-refractivity contribution in [3.63, 3.8) is 0 Å². The van der Waals surface area contributed by atoms with E-state index >= 15 is 0 Å². The minimum atomic E-state index is -3.74. The lowest BCUT2D eigenvalue weighted by Gasteiger charge is -2.08. The van der Waals surface area contributed by atoms with Gasteiger partial charge in [0.05, 0.1) is 9.82 Å². The molecule has 9 heteroatoms. The zero-order chi connectivity index (χ0) is 14.6. The summed E-state index contributed by atoms with van der Waals surface area (Å²) in [6, 6.07) is 3.70. The molecule has 0 spiro atoms. The van der Waals surface area contributed by atoms with E-state index in [-0.39, 0.29) is 35.6 Å². The lowest BCUT2D eigenvalue weighted by atomic mass is 10.2. The molecule has 1 unspecified atom stereocenters. The van der Waals surface area contributed by atoms with Crippen molar-refractivity contribution in [2.45, 2.75) is 31.2 Å². The minimum Gasteiger partial charge on any atom is -0.328 e. The molecular weight excluding hydrogens is 306 g/mol. The first kappa shape index (κ1) is 18.8. The Bertz CT molecular complexity index is 575. The van der Waals surface area contributed by atoms with Crippen molar-refractivity contribution in [1.82, 2.24) is 4.72 Å². The predicted molar refractivity (Wildman–Crippen MR) is 78.5 cm³/mol. The molecule has 1 aromatic carbocycles. The van der Waals surface area contributed by atoms with Gasteiger partial charge in [-0.2, -0.15) is 0 Å². The minimum absolute atomic E-state index is 0. The van der Waals surface area contributed by atoms with Gasteiger partial charge in [0, 0.05) is 24.2 Å². The lowest BCUT2D eigenvalue weighted by Crippen LogP contribution is -2.29. The number of nitro benzene ring substituents is 1. The summed E-state index contributed by atoms with van der Waals surface area (Å²) in [6.45, 7) is 3.52. The van der Waals surface area contributed by atoms with Crippen LogP contribution in [0, 0.1) is 17.0 Å². The second kappa shape index (κ2) is 7.53. The lowest BCUT2D eigenvalue weighted by molar-refractivity contribution is -0.385.